The minimum atomic E-state index is -0.125. The van der Waals surface area contributed by atoms with E-state index >= 15 is 0 Å². The number of rotatable bonds is 3. The fourth-order valence-electron chi connectivity index (χ4n) is 1.80. The van der Waals surface area contributed by atoms with Crippen LogP contribution < -0.4 is 0 Å². The van der Waals surface area contributed by atoms with Crippen molar-refractivity contribution in [3.05, 3.63) is 48.2 Å². The Morgan fingerprint density at radius 1 is 1.33 bits per heavy atom. The van der Waals surface area contributed by atoms with E-state index in [1.165, 1.54) is 0 Å². The van der Waals surface area contributed by atoms with E-state index in [-0.39, 0.29) is 5.38 Å². The minimum Gasteiger partial charge on any atom is -0.307 e. The molecule has 0 aliphatic carbocycles. The van der Waals surface area contributed by atoms with Crippen LogP contribution in [0.2, 0.25) is 0 Å². The third-order valence-electron chi connectivity index (χ3n) is 2.70. The lowest BCUT2D eigenvalue weighted by atomic mass is 10.4. The molecule has 18 heavy (non-hydrogen) atoms. The highest BCUT2D eigenvalue weighted by Gasteiger charge is 2.08. The summed E-state index contributed by atoms with van der Waals surface area (Å²) in [7, 11) is 0. The van der Waals surface area contributed by atoms with Gasteiger partial charge in [-0.2, -0.15) is 0 Å². The predicted molar refractivity (Wildman–Crippen MR) is 68.6 cm³/mol. The van der Waals surface area contributed by atoms with E-state index in [1.807, 2.05) is 48.1 Å². The first-order valence-electron chi connectivity index (χ1n) is 5.69. The molecule has 3 aromatic rings. The van der Waals surface area contributed by atoms with E-state index in [1.54, 1.807) is 4.68 Å². The summed E-state index contributed by atoms with van der Waals surface area (Å²) >= 11 is 5.95. The van der Waals surface area contributed by atoms with Gasteiger partial charge in [0.05, 0.1) is 23.8 Å². The number of hydrogen-bond donors (Lipinski definition) is 0. The average Bonchev–Trinajstić information content (AvgIpc) is 2.94. The van der Waals surface area contributed by atoms with Gasteiger partial charge in [-0.05, 0) is 19.1 Å². The Balaban J connectivity index is 1.86. The van der Waals surface area contributed by atoms with Gasteiger partial charge in [0.15, 0.2) is 0 Å². The van der Waals surface area contributed by atoms with Gasteiger partial charge in [0.2, 0.25) is 0 Å². The fraction of sp³-hybridized carbons (Fsp3) is 0.250. The van der Waals surface area contributed by atoms with Crippen molar-refractivity contribution >= 4 is 17.2 Å². The Morgan fingerprint density at radius 2 is 2.22 bits per heavy atom. The normalized spacial score (nSPS) is 13.0. The summed E-state index contributed by atoms with van der Waals surface area (Å²) in [6.45, 7) is 2.47. The van der Waals surface area contributed by atoms with E-state index in [0.717, 1.165) is 17.0 Å². The molecule has 0 N–H and O–H groups in total. The van der Waals surface area contributed by atoms with Crippen molar-refractivity contribution in [2.75, 3.05) is 0 Å². The Labute approximate surface area is 109 Å². The molecule has 3 heterocycles. The summed E-state index contributed by atoms with van der Waals surface area (Å²) in [5.74, 6) is 0. The Bertz CT molecular complexity index is 637. The van der Waals surface area contributed by atoms with Crippen molar-refractivity contribution in [2.45, 2.75) is 18.8 Å². The topological polar surface area (TPSA) is 48.0 Å². The standard InChI is InChI=1S/C12H12ClN5/c1-9(13)11-8-18(16-15-11)7-10-6-17-5-3-2-4-12(17)14-10/h2-6,8-9H,7H2,1H3. The molecule has 3 rings (SSSR count). The van der Waals surface area contributed by atoms with Crippen LogP contribution in [0.5, 0.6) is 0 Å². The van der Waals surface area contributed by atoms with Crippen LogP contribution >= 0.6 is 11.6 Å². The smallest absolute Gasteiger partial charge is 0.137 e. The lowest BCUT2D eigenvalue weighted by Crippen LogP contribution is -2.00. The van der Waals surface area contributed by atoms with Crippen molar-refractivity contribution < 1.29 is 0 Å². The predicted octanol–water partition coefficient (Wildman–Crippen LogP) is 2.27. The van der Waals surface area contributed by atoms with Gasteiger partial charge in [-0.3, -0.25) is 0 Å². The second-order valence-electron chi connectivity index (χ2n) is 4.16. The molecule has 1 unspecified atom stereocenters. The molecule has 0 radical (unpaired) electrons. The van der Waals surface area contributed by atoms with Crippen LogP contribution in [-0.2, 0) is 6.54 Å². The summed E-state index contributed by atoms with van der Waals surface area (Å²) < 4.78 is 3.73. The zero-order valence-electron chi connectivity index (χ0n) is 9.86. The van der Waals surface area contributed by atoms with Crippen molar-refractivity contribution in [3.8, 4) is 0 Å². The zero-order valence-corrected chi connectivity index (χ0v) is 10.6. The fourth-order valence-corrected chi connectivity index (χ4v) is 1.90. The van der Waals surface area contributed by atoms with E-state index < -0.39 is 0 Å². The van der Waals surface area contributed by atoms with Gasteiger partial charge in [0, 0.05) is 12.4 Å². The van der Waals surface area contributed by atoms with Crippen LogP contribution in [0.25, 0.3) is 5.65 Å². The van der Waals surface area contributed by atoms with E-state index in [0.29, 0.717) is 6.54 Å². The molecule has 1 atom stereocenters. The van der Waals surface area contributed by atoms with Crippen LogP contribution in [-0.4, -0.2) is 24.4 Å². The zero-order chi connectivity index (χ0) is 12.5. The molecule has 0 saturated carbocycles. The van der Waals surface area contributed by atoms with Crippen LogP contribution in [0.15, 0.2) is 36.8 Å². The molecular weight excluding hydrogens is 250 g/mol. The largest absolute Gasteiger partial charge is 0.307 e. The van der Waals surface area contributed by atoms with Gasteiger partial charge < -0.3 is 4.40 Å². The lowest BCUT2D eigenvalue weighted by Gasteiger charge is -1.95. The van der Waals surface area contributed by atoms with Crippen LogP contribution in [0.3, 0.4) is 0 Å². The Hall–Kier alpha value is -1.88. The highest BCUT2D eigenvalue weighted by molar-refractivity contribution is 6.20. The van der Waals surface area contributed by atoms with Crippen molar-refractivity contribution in [1.82, 2.24) is 24.4 Å². The maximum Gasteiger partial charge on any atom is 0.137 e. The van der Waals surface area contributed by atoms with Crippen molar-refractivity contribution in [3.63, 3.8) is 0 Å². The maximum atomic E-state index is 5.95. The maximum absolute atomic E-state index is 5.95. The van der Waals surface area contributed by atoms with Crippen LogP contribution in [0.1, 0.15) is 23.7 Å². The van der Waals surface area contributed by atoms with Crippen LogP contribution in [0, 0.1) is 0 Å². The first kappa shape index (κ1) is 11.2. The third kappa shape index (κ3) is 2.09. The molecule has 6 heteroatoms. The molecule has 0 bridgehead atoms. The molecule has 0 aliphatic heterocycles. The first-order chi connectivity index (χ1) is 8.72. The molecule has 5 nitrogen and oxygen atoms in total. The highest BCUT2D eigenvalue weighted by atomic mass is 35.5. The molecule has 3 aromatic heterocycles. The summed E-state index contributed by atoms with van der Waals surface area (Å²) in [6.07, 6.45) is 5.81. The molecule has 0 fully saturated rings. The number of nitrogens with zero attached hydrogens (tertiary/aromatic N) is 5. The number of aromatic nitrogens is 5. The van der Waals surface area contributed by atoms with Gasteiger partial charge in [0.25, 0.3) is 0 Å². The van der Waals surface area contributed by atoms with Gasteiger partial charge in [-0.1, -0.05) is 11.3 Å². The SMILES string of the molecule is CC(Cl)c1cn(Cc2cn3ccccc3n2)nn1. The third-order valence-corrected chi connectivity index (χ3v) is 2.93. The van der Waals surface area contributed by atoms with Crippen molar-refractivity contribution in [1.29, 1.82) is 0 Å². The quantitative estimate of drug-likeness (QED) is 0.680. The lowest BCUT2D eigenvalue weighted by molar-refractivity contribution is 0.640. The Kier molecular flexibility index (Phi) is 2.76. The van der Waals surface area contributed by atoms with E-state index in [2.05, 4.69) is 15.3 Å². The number of alkyl halides is 1. The first-order valence-corrected chi connectivity index (χ1v) is 6.13. The molecule has 92 valence electrons. The second kappa shape index (κ2) is 4.42. The van der Waals surface area contributed by atoms with Gasteiger partial charge in [-0.25, -0.2) is 9.67 Å². The van der Waals surface area contributed by atoms with E-state index in [9.17, 15) is 0 Å². The molecule has 0 saturated heterocycles. The van der Waals surface area contributed by atoms with E-state index in [4.69, 9.17) is 11.6 Å². The number of hydrogen-bond acceptors (Lipinski definition) is 3. The molecule has 0 aliphatic rings. The highest BCUT2D eigenvalue weighted by Crippen LogP contribution is 2.15. The van der Waals surface area contributed by atoms with Gasteiger partial charge in [-0.15, -0.1) is 16.7 Å². The Morgan fingerprint density at radius 3 is 2.94 bits per heavy atom. The number of fused-ring (bicyclic) bond motifs is 1. The molecule has 0 aromatic carbocycles. The molecule has 0 amide bonds. The number of imidazole rings is 1. The average molecular weight is 262 g/mol. The molecular formula is C12H12ClN5. The summed E-state index contributed by atoms with van der Waals surface area (Å²) in [5.41, 5.74) is 2.65. The van der Waals surface area contributed by atoms with Gasteiger partial charge in [0.1, 0.15) is 11.3 Å². The van der Waals surface area contributed by atoms with Crippen molar-refractivity contribution in [2.24, 2.45) is 0 Å². The summed E-state index contributed by atoms with van der Waals surface area (Å²) in [4.78, 5) is 4.50. The second-order valence-corrected chi connectivity index (χ2v) is 4.81. The summed E-state index contributed by atoms with van der Waals surface area (Å²) in [5, 5.41) is 7.92. The van der Waals surface area contributed by atoms with Crippen LogP contribution in [0.4, 0.5) is 0 Å². The van der Waals surface area contributed by atoms with Gasteiger partial charge >= 0.3 is 0 Å². The number of halogens is 1. The number of pyridine rings is 1. The summed E-state index contributed by atoms with van der Waals surface area (Å²) in [6, 6.07) is 5.91. The minimum absolute atomic E-state index is 0.125. The monoisotopic (exact) mass is 261 g/mol. The molecule has 0 spiro atoms.